The van der Waals surface area contributed by atoms with Gasteiger partial charge >= 0.3 is 212 Å². The fourth-order valence-corrected chi connectivity index (χ4v) is 16.6. The van der Waals surface area contributed by atoms with E-state index < -0.39 is 22.6 Å². The zero-order valence-corrected chi connectivity index (χ0v) is 80.3. The molecule has 1 saturated heterocycles. The van der Waals surface area contributed by atoms with Gasteiger partial charge in [-0.05, 0) is 157 Å². The summed E-state index contributed by atoms with van der Waals surface area (Å²) in [6, 6.07) is 50.6. The number of carbonyl (C=O) groups is 7. The van der Waals surface area contributed by atoms with Crippen molar-refractivity contribution in [2.24, 2.45) is 5.73 Å². The maximum atomic E-state index is 13.2. The monoisotopic (exact) mass is 1780 g/mol. The molecule has 3 atom stereocenters. The van der Waals surface area contributed by atoms with Gasteiger partial charge in [0.1, 0.15) is 45.9 Å². The summed E-state index contributed by atoms with van der Waals surface area (Å²) in [4.78, 5) is 86.6. The number of halogens is 3. The first-order valence-electron chi connectivity index (χ1n) is 32.0. The third kappa shape index (κ3) is 33.6. The Morgan fingerprint density at radius 1 is 0.564 bits per heavy atom. The Hall–Kier alpha value is -1.72. The molecule has 8 N–H and O–H groups in total. The molecule has 2 aliphatic rings. The number of thiophene rings is 3. The van der Waals surface area contributed by atoms with E-state index in [1.54, 1.807) is 39.8 Å². The van der Waals surface area contributed by atoms with Crippen molar-refractivity contribution in [3.8, 4) is 17.2 Å². The number of hydrogen-bond acceptors (Lipinski definition) is 26. The molecule has 1 fully saturated rings. The molecule has 11 rings (SSSR count). The average molecular weight is 1780 g/mol. The summed E-state index contributed by atoms with van der Waals surface area (Å²) in [5, 5.41) is 74.2. The number of Topliss-reactive ketones (excluding diaryl/α,β-unsaturated/α-hetero) is 2. The number of piperidine rings is 1. The minimum absolute atomic E-state index is 0. The molecule has 2 aliphatic heterocycles. The van der Waals surface area contributed by atoms with Crippen LogP contribution in [0.1, 0.15) is 87.6 Å². The van der Waals surface area contributed by atoms with Crippen molar-refractivity contribution in [3.05, 3.63) is 255 Å². The Labute approximate surface area is 849 Å². The number of ether oxygens (including phenoxy) is 4. The van der Waals surface area contributed by atoms with Gasteiger partial charge in [-0.3, -0.25) is 33.6 Å². The number of benzene rings is 6. The number of nitrogens with two attached hydrogens (primary N) is 1. The van der Waals surface area contributed by atoms with E-state index in [1.165, 1.54) is 41.1 Å². The number of esters is 1. The fourth-order valence-electron chi connectivity index (χ4n) is 10.3. The van der Waals surface area contributed by atoms with Gasteiger partial charge in [-0.1, -0.05) is 141 Å². The van der Waals surface area contributed by atoms with Gasteiger partial charge in [0.15, 0.2) is 0 Å². The van der Waals surface area contributed by atoms with Gasteiger partial charge in [0.25, 0.3) is 18.9 Å². The Morgan fingerprint density at radius 2 is 0.964 bits per heavy atom. The maximum Gasteiger partial charge on any atom is 1.00 e. The molecule has 3 aromatic heterocycles. The van der Waals surface area contributed by atoms with Gasteiger partial charge in [-0.2, -0.15) is 34.0 Å². The van der Waals surface area contributed by atoms with E-state index in [1.807, 2.05) is 178 Å². The number of methoxy groups -OCH3 is 1. The first-order chi connectivity index (χ1) is 51.3. The predicted molar refractivity (Wildman–Crippen MR) is 410 cm³/mol. The van der Waals surface area contributed by atoms with Gasteiger partial charge in [0.05, 0.1) is 65.0 Å². The Balaban J connectivity index is 0.00000142. The second-order valence-electron chi connectivity index (χ2n) is 22.4. The summed E-state index contributed by atoms with van der Waals surface area (Å²) in [6.45, 7) is 1.17. The number of aliphatic hydroxyl groups is 4. The third-order valence-electron chi connectivity index (χ3n) is 15.3. The number of thioether (sulfide) groups is 1. The smallest absolute Gasteiger partial charge is 1.00 e. The number of carbonyl (C=O) groups excluding carboxylic acids is 7. The summed E-state index contributed by atoms with van der Waals surface area (Å²) >= 11 is 24.1. The van der Waals surface area contributed by atoms with Crippen LogP contribution in [0.5, 0.6) is 17.2 Å². The van der Waals surface area contributed by atoms with Crippen molar-refractivity contribution in [2.45, 2.75) is 82.7 Å². The normalized spacial score (nSPS) is 14.9. The van der Waals surface area contributed by atoms with Crippen LogP contribution in [0.4, 0.5) is 0 Å². The molecule has 0 bridgehead atoms. The second kappa shape index (κ2) is 57.4. The van der Waals surface area contributed by atoms with Gasteiger partial charge < -0.3 is 78.9 Å². The molecule has 0 saturated carbocycles. The van der Waals surface area contributed by atoms with Crippen LogP contribution in [0, 0.1) is 0 Å². The van der Waals surface area contributed by atoms with Gasteiger partial charge in [0, 0.05) is 73.0 Å². The molecule has 110 heavy (non-hydrogen) atoms. The van der Waals surface area contributed by atoms with E-state index in [-0.39, 0.29) is 307 Å². The zero-order chi connectivity index (χ0) is 76.7. The molecular weight excluding hydrogens is 1700 g/mol. The minimum Gasteiger partial charge on any atom is -1.00 e. The average Bonchev–Trinajstić information content (AvgIpc) is 1.03. The van der Waals surface area contributed by atoms with Crippen LogP contribution in [0.3, 0.4) is 0 Å². The first kappa shape index (κ1) is 104. The fraction of sp³-hybridized carbons (Fsp3) is 0.240. The number of ketones is 2. The summed E-state index contributed by atoms with van der Waals surface area (Å²) in [6.07, 6.45) is 1.78. The molecule has 9 aromatic rings. The Morgan fingerprint density at radius 3 is 1.33 bits per heavy atom. The minimum atomic E-state index is -1.03. The number of nitrogens with one attached hydrogen (secondary N) is 2. The van der Waals surface area contributed by atoms with E-state index in [0.717, 1.165) is 65.0 Å². The number of aliphatic hydroxyl groups excluding tert-OH is 4. The van der Waals surface area contributed by atoms with Crippen LogP contribution < -0.4 is 247 Å². The van der Waals surface area contributed by atoms with Gasteiger partial charge in [0.2, 0.25) is 5.91 Å². The van der Waals surface area contributed by atoms with E-state index in [4.69, 9.17) is 90.2 Å². The zero-order valence-electron chi connectivity index (χ0n) is 62.7. The van der Waals surface area contributed by atoms with Gasteiger partial charge in [-0.15, -0.1) is 0 Å². The molecule has 566 valence electrons. The Bertz CT molecular complexity index is 4190. The first-order valence-corrected chi connectivity index (χ1v) is 39.0. The van der Waals surface area contributed by atoms with Crippen LogP contribution in [0.25, 0.3) is 0 Å². The quantitative estimate of drug-likeness (QED) is 0.00499. The molecule has 3 unspecified atom stereocenters. The third-order valence-corrected chi connectivity index (χ3v) is 22.4. The molecular formula is C75H76Cl3K4N3O19S6. The van der Waals surface area contributed by atoms with E-state index in [2.05, 4.69) is 25.1 Å². The molecule has 6 aromatic carbocycles. The molecule has 2 amide bonds. The molecule has 0 spiro atoms. The van der Waals surface area contributed by atoms with Crippen LogP contribution in [0.15, 0.2) is 221 Å². The van der Waals surface area contributed by atoms with Crippen LogP contribution in [-0.2, 0) is 64.7 Å². The largest absolute Gasteiger partial charge is 1.00 e. The van der Waals surface area contributed by atoms with Crippen LogP contribution >= 0.6 is 102 Å². The SMILES string of the molecule is COC(=O)CC(=O)CC(N)(c1ccc(OCCCO)cc1)c1ccsc1.Clc1ccccc1SSc1ccccc1Cl.O=C1CC(=O)NC(c2ccc(OCCCO)cc2)(c2ccsc2)C1.O=C1NC(c2ccc(OCCCO)cc2)(c2ccsc2)CC(O)=C1Sc1ccccc1Cl.O=CO[O-].O=CO[O-].[H-].[H-].[K+].[K+].[K+].[K+]. The predicted octanol–water partition coefficient (Wildman–Crippen LogP) is 0.857. The maximum absolute atomic E-state index is 13.2. The summed E-state index contributed by atoms with van der Waals surface area (Å²) in [5.41, 5.74) is 8.99. The van der Waals surface area contributed by atoms with Crippen molar-refractivity contribution in [3.63, 3.8) is 0 Å². The van der Waals surface area contributed by atoms with E-state index >= 15 is 0 Å². The van der Waals surface area contributed by atoms with Gasteiger partial charge in [-0.25, -0.2) is 0 Å². The molecule has 0 radical (unpaired) electrons. The Kier molecular flexibility index (Phi) is 54.5. The molecule has 35 heteroatoms. The van der Waals surface area contributed by atoms with Crippen LogP contribution in [0.2, 0.25) is 15.1 Å². The molecule has 22 nitrogen and oxygen atoms in total. The topological polar surface area (TPSA) is 352 Å². The number of rotatable bonds is 29. The second-order valence-corrected chi connectivity index (χ2v) is 29.3. The van der Waals surface area contributed by atoms with Crippen LogP contribution in [-0.4, -0.2) is 109 Å². The van der Waals surface area contributed by atoms with Crippen molar-refractivity contribution < 1.29 is 302 Å². The van der Waals surface area contributed by atoms with Crippen molar-refractivity contribution in [1.29, 1.82) is 0 Å². The molecule has 0 aliphatic carbocycles. The van der Waals surface area contributed by atoms with Crippen molar-refractivity contribution >= 4 is 144 Å². The standard InChI is InChI=1S/C24H22ClNO4S2.C19H23NO5S.C18H19NO4S.C12H8Cl2S2.2CH2O3.4K.2H/c25-19-4-1-2-5-21(19)32-22-20(28)14-24(26-23(22)29,17-10-13-31-15-17)16-6-8-18(9-7-16)30-12-3-11-27;1-24-18(23)11-16(22)12-19(20,15-7-10-26-13-15)14-3-5-17(6-4-14)25-9-2-8-21;20-7-1-8-23-16-4-2-13(3-5-16)18(14-6-9-24-12-14)11-15(21)10-17(22)19-18;13-9-5-1-3-7-11(9)15-16-12-8-4-2-6-10(12)14;2*2-1-4-3;;;;;;/h1-2,4-10,13,15,27-28H,3,11-12,14H2,(H,26,29);3-7,10,13,21H,2,8-9,11-12,20H2,1H3;2-6,9,12,20H,1,7-8,10-11H2,(H,19,22);1-8H;2*1,3H;;;;;;/q;;;;;;4*+1;2*-1/p-2. The summed E-state index contributed by atoms with van der Waals surface area (Å²) in [5.74, 6) is 0.538. The molecule has 5 heterocycles. The number of hydrogen-bond donors (Lipinski definition) is 7. The van der Waals surface area contributed by atoms with Crippen molar-refractivity contribution in [1.82, 2.24) is 10.6 Å². The van der Waals surface area contributed by atoms with E-state index in [0.29, 0.717) is 66.2 Å². The van der Waals surface area contributed by atoms with Crippen molar-refractivity contribution in [2.75, 3.05) is 46.8 Å². The summed E-state index contributed by atoms with van der Waals surface area (Å²) in [7, 11) is 4.48. The van der Waals surface area contributed by atoms with E-state index in [9.17, 15) is 29.1 Å². The number of amides is 2. The summed E-state index contributed by atoms with van der Waals surface area (Å²) < 4.78 is 21.3.